The number of rotatable bonds is 2. The van der Waals surface area contributed by atoms with Gasteiger partial charge >= 0.3 is 11.7 Å². The van der Waals surface area contributed by atoms with Gasteiger partial charge < -0.3 is 10.1 Å². The number of aliphatic carboxylic acids is 1. The Balaban J connectivity index is 1.92. The summed E-state index contributed by atoms with van der Waals surface area (Å²) in [6.45, 7) is 0. The van der Waals surface area contributed by atoms with Crippen LogP contribution >= 0.6 is 0 Å². The van der Waals surface area contributed by atoms with E-state index in [9.17, 15) is 9.59 Å². The SMILES string of the molecule is O=C(O)C1CCC(n2c(=O)[nH]c3cnccc32)CC1. The highest BCUT2D eigenvalue weighted by Crippen LogP contribution is 2.32. The van der Waals surface area contributed by atoms with Crippen LogP contribution in [0.5, 0.6) is 0 Å². The summed E-state index contributed by atoms with van der Waals surface area (Å²) >= 11 is 0. The zero-order chi connectivity index (χ0) is 13.4. The number of nitrogens with zero attached hydrogens (tertiary/aromatic N) is 2. The number of pyridine rings is 1. The van der Waals surface area contributed by atoms with Crippen LogP contribution in [0.15, 0.2) is 23.3 Å². The molecule has 0 spiro atoms. The minimum Gasteiger partial charge on any atom is -0.481 e. The van der Waals surface area contributed by atoms with Gasteiger partial charge in [-0.05, 0) is 31.7 Å². The van der Waals surface area contributed by atoms with Crippen molar-refractivity contribution in [2.75, 3.05) is 0 Å². The summed E-state index contributed by atoms with van der Waals surface area (Å²) in [7, 11) is 0. The molecule has 2 aromatic heterocycles. The van der Waals surface area contributed by atoms with Crippen molar-refractivity contribution in [3.8, 4) is 0 Å². The van der Waals surface area contributed by atoms with Gasteiger partial charge in [-0.1, -0.05) is 0 Å². The van der Waals surface area contributed by atoms with Gasteiger partial charge in [-0.3, -0.25) is 14.3 Å². The predicted molar refractivity (Wildman–Crippen MR) is 69.0 cm³/mol. The van der Waals surface area contributed by atoms with Crippen molar-refractivity contribution in [3.05, 3.63) is 28.9 Å². The molecular formula is C13H15N3O3. The van der Waals surface area contributed by atoms with Gasteiger partial charge in [-0.2, -0.15) is 0 Å². The standard InChI is InChI=1S/C13H15N3O3/c17-12(18)8-1-3-9(4-2-8)16-11-5-6-14-7-10(11)15-13(16)19/h5-9H,1-4H2,(H,15,19)(H,17,18). The largest absolute Gasteiger partial charge is 0.481 e. The highest BCUT2D eigenvalue weighted by Gasteiger charge is 2.28. The number of aromatic nitrogens is 3. The molecule has 3 rings (SSSR count). The monoisotopic (exact) mass is 261 g/mol. The Bertz CT molecular complexity index is 665. The van der Waals surface area contributed by atoms with E-state index >= 15 is 0 Å². The molecule has 6 nitrogen and oxygen atoms in total. The number of hydrogen-bond acceptors (Lipinski definition) is 3. The second-order valence-electron chi connectivity index (χ2n) is 5.04. The lowest BCUT2D eigenvalue weighted by atomic mass is 9.86. The lowest BCUT2D eigenvalue weighted by Crippen LogP contribution is -2.28. The van der Waals surface area contributed by atoms with E-state index in [4.69, 9.17) is 5.11 Å². The average Bonchev–Trinajstić information content (AvgIpc) is 2.74. The summed E-state index contributed by atoms with van der Waals surface area (Å²) in [5.41, 5.74) is 1.44. The topological polar surface area (TPSA) is 88.0 Å². The van der Waals surface area contributed by atoms with E-state index in [1.54, 1.807) is 17.0 Å². The normalized spacial score (nSPS) is 23.6. The first-order valence-electron chi connectivity index (χ1n) is 6.44. The van der Waals surface area contributed by atoms with Crippen LogP contribution in [0.25, 0.3) is 11.0 Å². The Labute approximate surface area is 109 Å². The molecule has 0 aromatic carbocycles. The van der Waals surface area contributed by atoms with E-state index in [0.29, 0.717) is 12.8 Å². The molecule has 0 saturated heterocycles. The fourth-order valence-electron chi connectivity index (χ4n) is 2.92. The van der Waals surface area contributed by atoms with Gasteiger partial charge in [0.1, 0.15) is 0 Å². The average molecular weight is 261 g/mol. The molecule has 1 fully saturated rings. The van der Waals surface area contributed by atoms with Gasteiger partial charge in [-0.25, -0.2) is 4.79 Å². The number of hydrogen-bond donors (Lipinski definition) is 2. The van der Waals surface area contributed by atoms with Crippen LogP contribution in [0.1, 0.15) is 31.7 Å². The molecule has 2 aromatic rings. The van der Waals surface area contributed by atoms with Crippen LogP contribution in [-0.4, -0.2) is 25.6 Å². The number of carboxylic acids is 1. The lowest BCUT2D eigenvalue weighted by molar-refractivity contribution is -0.143. The summed E-state index contributed by atoms with van der Waals surface area (Å²) in [5, 5.41) is 9.00. The van der Waals surface area contributed by atoms with Crippen LogP contribution in [-0.2, 0) is 4.79 Å². The van der Waals surface area contributed by atoms with Crippen molar-refractivity contribution in [1.29, 1.82) is 0 Å². The molecular weight excluding hydrogens is 246 g/mol. The van der Waals surface area contributed by atoms with Crippen LogP contribution in [0, 0.1) is 5.92 Å². The maximum atomic E-state index is 12.0. The van der Waals surface area contributed by atoms with Crippen LogP contribution in [0.2, 0.25) is 0 Å². The Morgan fingerprint density at radius 1 is 1.37 bits per heavy atom. The molecule has 0 unspecified atom stereocenters. The molecule has 100 valence electrons. The maximum absolute atomic E-state index is 12.0. The van der Waals surface area contributed by atoms with E-state index in [-0.39, 0.29) is 17.6 Å². The van der Waals surface area contributed by atoms with E-state index in [1.807, 2.05) is 6.07 Å². The molecule has 0 atom stereocenters. The van der Waals surface area contributed by atoms with Gasteiger partial charge in [0, 0.05) is 12.2 Å². The molecule has 0 aliphatic heterocycles. The Kier molecular flexibility index (Phi) is 2.85. The van der Waals surface area contributed by atoms with Gasteiger partial charge in [0.05, 0.1) is 23.1 Å². The van der Waals surface area contributed by atoms with Crippen molar-refractivity contribution in [1.82, 2.24) is 14.5 Å². The van der Waals surface area contributed by atoms with E-state index in [0.717, 1.165) is 23.9 Å². The van der Waals surface area contributed by atoms with Gasteiger partial charge in [-0.15, -0.1) is 0 Å². The highest BCUT2D eigenvalue weighted by molar-refractivity contribution is 5.74. The number of fused-ring (bicyclic) bond motifs is 1. The van der Waals surface area contributed by atoms with Crippen LogP contribution in [0.3, 0.4) is 0 Å². The Morgan fingerprint density at radius 3 is 2.79 bits per heavy atom. The number of imidazole rings is 1. The van der Waals surface area contributed by atoms with Crippen molar-refractivity contribution in [3.63, 3.8) is 0 Å². The number of nitrogens with one attached hydrogen (secondary N) is 1. The van der Waals surface area contributed by atoms with Crippen LogP contribution in [0.4, 0.5) is 0 Å². The van der Waals surface area contributed by atoms with Crippen molar-refractivity contribution < 1.29 is 9.90 Å². The fraction of sp³-hybridized carbons (Fsp3) is 0.462. The second kappa shape index (κ2) is 4.53. The smallest absolute Gasteiger partial charge is 0.326 e. The first-order valence-corrected chi connectivity index (χ1v) is 6.44. The third-order valence-corrected chi connectivity index (χ3v) is 3.93. The predicted octanol–water partition coefficient (Wildman–Crippen LogP) is 1.54. The minimum atomic E-state index is -0.728. The minimum absolute atomic E-state index is 0.0826. The third-order valence-electron chi connectivity index (χ3n) is 3.93. The molecule has 0 radical (unpaired) electrons. The molecule has 1 aliphatic rings. The summed E-state index contributed by atoms with van der Waals surface area (Å²) < 4.78 is 1.75. The number of carbonyl (C=O) groups is 1. The van der Waals surface area contributed by atoms with E-state index in [2.05, 4.69) is 9.97 Å². The molecule has 6 heteroatoms. The summed E-state index contributed by atoms with van der Waals surface area (Å²) in [4.78, 5) is 29.7. The molecule has 0 bridgehead atoms. The molecule has 19 heavy (non-hydrogen) atoms. The zero-order valence-electron chi connectivity index (χ0n) is 10.4. The maximum Gasteiger partial charge on any atom is 0.326 e. The van der Waals surface area contributed by atoms with Gasteiger partial charge in [0.15, 0.2) is 0 Å². The number of H-pyrrole nitrogens is 1. The van der Waals surface area contributed by atoms with Gasteiger partial charge in [0.25, 0.3) is 0 Å². The van der Waals surface area contributed by atoms with Crippen LogP contribution < -0.4 is 5.69 Å². The van der Waals surface area contributed by atoms with Crippen molar-refractivity contribution in [2.24, 2.45) is 5.92 Å². The van der Waals surface area contributed by atoms with E-state index in [1.165, 1.54) is 0 Å². The molecule has 2 N–H and O–H groups in total. The molecule has 0 amide bonds. The quantitative estimate of drug-likeness (QED) is 0.858. The van der Waals surface area contributed by atoms with Crippen molar-refractivity contribution >= 4 is 17.0 Å². The first-order chi connectivity index (χ1) is 9.16. The summed E-state index contributed by atoms with van der Waals surface area (Å²) in [6.07, 6.45) is 6.01. The molecule has 1 saturated carbocycles. The lowest BCUT2D eigenvalue weighted by Gasteiger charge is -2.26. The summed E-state index contributed by atoms with van der Waals surface area (Å²) in [6, 6.07) is 1.90. The molecule has 1 aliphatic carbocycles. The van der Waals surface area contributed by atoms with E-state index < -0.39 is 5.97 Å². The Morgan fingerprint density at radius 2 is 2.11 bits per heavy atom. The fourth-order valence-corrected chi connectivity index (χ4v) is 2.92. The second-order valence-corrected chi connectivity index (χ2v) is 5.04. The van der Waals surface area contributed by atoms with Crippen molar-refractivity contribution in [2.45, 2.75) is 31.7 Å². The van der Waals surface area contributed by atoms with Gasteiger partial charge in [0.2, 0.25) is 0 Å². The first kappa shape index (κ1) is 12.0. The summed E-state index contributed by atoms with van der Waals surface area (Å²) in [5.74, 6) is -0.993. The molecule has 2 heterocycles. The Hall–Kier alpha value is -2.11. The number of aromatic amines is 1. The highest BCUT2D eigenvalue weighted by atomic mass is 16.4. The number of carboxylic acid groups (broad SMARTS) is 1. The third kappa shape index (κ3) is 2.03. The zero-order valence-corrected chi connectivity index (χ0v) is 10.4.